The molecule has 4 heteroatoms. The molecule has 90 valence electrons. The van der Waals surface area contributed by atoms with Gasteiger partial charge in [0.25, 0.3) is 0 Å². The molecule has 1 aliphatic heterocycles. The van der Waals surface area contributed by atoms with Gasteiger partial charge in [0, 0.05) is 24.2 Å². The van der Waals surface area contributed by atoms with Crippen molar-refractivity contribution in [2.24, 2.45) is 0 Å². The smallest absolute Gasteiger partial charge is 0.0684 e. The lowest BCUT2D eigenvalue weighted by Crippen LogP contribution is -2.17. The highest BCUT2D eigenvalue weighted by Gasteiger charge is 2.13. The van der Waals surface area contributed by atoms with Gasteiger partial charge in [-0.1, -0.05) is 0 Å². The van der Waals surface area contributed by atoms with Gasteiger partial charge in [-0.3, -0.25) is 4.68 Å². The van der Waals surface area contributed by atoms with Gasteiger partial charge in [0.15, 0.2) is 0 Å². The third kappa shape index (κ3) is 1.89. The van der Waals surface area contributed by atoms with E-state index in [0.717, 1.165) is 24.0 Å². The topological polar surface area (TPSA) is 41.3 Å². The number of fused-ring (bicyclic) bond motifs is 1. The van der Waals surface area contributed by atoms with E-state index in [9.17, 15) is 0 Å². The summed E-state index contributed by atoms with van der Waals surface area (Å²) in [5.41, 5.74) is 2.39. The van der Waals surface area contributed by atoms with E-state index in [1.54, 1.807) is 0 Å². The molecule has 0 aliphatic carbocycles. The molecule has 1 N–H and O–H groups in total. The van der Waals surface area contributed by atoms with Gasteiger partial charge in [-0.05, 0) is 31.0 Å². The lowest BCUT2D eigenvalue weighted by atomic mass is 10.2. The van der Waals surface area contributed by atoms with Crippen LogP contribution in [0.1, 0.15) is 12.8 Å². The van der Waals surface area contributed by atoms with Crippen LogP contribution in [0.4, 0.5) is 5.69 Å². The molecule has 0 spiro atoms. The van der Waals surface area contributed by atoms with Crippen molar-refractivity contribution in [3.05, 3.63) is 24.4 Å². The summed E-state index contributed by atoms with van der Waals surface area (Å²) in [5, 5.41) is 14.4. The summed E-state index contributed by atoms with van der Waals surface area (Å²) in [6.07, 6.45) is 4.47. The standard InChI is InChI=1S/C13H17N3O/c17-8-7-16-13-4-3-12(9-11(13)10-14-16)15-5-1-2-6-15/h3-4,9-10,17H,1-2,5-8H2. The summed E-state index contributed by atoms with van der Waals surface area (Å²) in [7, 11) is 0. The zero-order valence-corrected chi connectivity index (χ0v) is 9.84. The highest BCUT2D eigenvalue weighted by molar-refractivity contribution is 5.82. The first-order chi connectivity index (χ1) is 8.38. The lowest BCUT2D eigenvalue weighted by molar-refractivity contribution is 0.271. The molecule has 0 radical (unpaired) electrons. The third-order valence-electron chi connectivity index (χ3n) is 3.41. The molecule has 1 aromatic carbocycles. The van der Waals surface area contributed by atoms with Gasteiger partial charge in [0.05, 0.1) is 24.9 Å². The number of hydrogen-bond acceptors (Lipinski definition) is 3. The zero-order chi connectivity index (χ0) is 11.7. The summed E-state index contributed by atoms with van der Waals surface area (Å²) in [6.45, 7) is 3.02. The molecule has 1 aliphatic rings. The second-order valence-corrected chi connectivity index (χ2v) is 4.53. The van der Waals surface area contributed by atoms with E-state index in [0.29, 0.717) is 6.54 Å². The van der Waals surface area contributed by atoms with Crippen LogP contribution in [-0.2, 0) is 6.54 Å². The largest absolute Gasteiger partial charge is 0.394 e. The van der Waals surface area contributed by atoms with Crippen molar-refractivity contribution in [2.75, 3.05) is 24.6 Å². The van der Waals surface area contributed by atoms with Gasteiger partial charge in [-0.15, -0.1) is 0 Å². The molecule has 2 heterocycles. The first-order valence-electron chi connectivity index (χ1n) is 6.20. The molecule has 4 nitrogen and oxygen atoms in total. The Bertz CT molecular complexity index is 514. The Morgan fingerprint density at radius 1 is 1.24 bits per heavy atom. The third-order valence-corrected chi connectivity index (χ3v) is 3.41. The van der Waals surface area contributed by atoms with Crippen LogP contribution in [0.5, 0.6) is 0 Å². The summed E-state index contributed by atoms with van der Waals surface area (Å²) < 4.78 is 1.85. The molecule has 17 heavy (non-hydrogen) atoms. The Morgan fingerprint density at radius 3 is 2.82 bits per heavy atom. The summed E-state index contributed by atoms with van der Waals surface area (Å²) in [4.78, 5) is 2.42. The highest BCUT2D eigenvalue weighted by atomic mass is 16.3. The Morgan fingerprint density at radius 2 is 2.06 bits per heavy atom. The Balaban J connectivity index is 1.96. The maximum Gasteiger partial charge on any atom is 0.0684 e. The first-order valence-corrected chi connectivity index (χ1v) is 6.20. The molecule has 0 amide bonds. The predicted octanol–water partition coefficient (Wildman–Crippen LogP) is 1.63. The van der Waals surface area contributed by atoms with Gasteiger partial charge >= 0.3 is 0 Å². The van der Waals surface area contributed by atoms with Crippen molar-refractivity contribution in [2.45, 2.75) is 19.4 Å². The average Bonchev–Trinajstić information content (AvgIpc) is 2.98. The minimum Gasteiger partial charge on any atom is -0.394 e. The molecule has 0 unspecified atom stereocenters. The van der Waals surface area contributed by atoms with Crippen molar-refractivity contribution in [1.29, 1.82) is 0 Å². The maximum atomic E-state index is 8.96. The fraction of sp³-hybridized carbons (Fsp3) is 0.462. The van der Waals surface area contributed by atoms with E-state index in [2.05, 4.69) is 28.2 Å². The number of rotatable bonds is 3. The summed E-state index contributed by atoms with van der Waals surface area (Å²) in [6, 6.07) is 6.45. The van der Waals surface area contributed by atoms with Gasteiger partial charge in [0.1, 0.15) is 0 Å². The molecule has 2 aromatic rings. The van der Waals surface area contributed by atoms with Gasteiger partial charge in [-0.2, -0.15) is 5.10 Å². The molecular weight excluding hydrogens is 214 g/mol. The van der Waals surface area contributed by atoms with Crippen LogP contribution < -0.4 is 4.90 Å². The fourth-order valence-electron chi connectivity index (χ4n) is 2.52. The van der Waals surface area contributed by atoms with E-state index in [-0.39, 0.29) is 6.61 Å². The zero-order valence-electron chi connectivity index (χ0n) is 9.84. The van der Waals surface area contributed by atoms with E-state index < -0.39 is 0 Å². The molecule has 0 atom stereocenters. The molecule has 0 bridgehead atoms. The number of nitrogens with zero attached hydrogens (tertiary/aromatic N) is 3. The number of aliphatic hydroxyl groups is 1. The highest BCUT2D eigenvalue weighted by Crippen LogP contribution is 2.24. The number of hydrogen-bond donors (Lipinski definition) is 1. The Labute approximate surface area is 100 Å². The fourth-order valence-corrected chi connectivity index (χ4v) is 2.52. The molecule has 1 saturated heterocycles. The first kappa shape index (κ1) is 10.6. The molecule has 1 fully saturated rings. The number of aliphatic hydroxyl groups excluding tert-OH is 1. The van der Waals surface area contributed by atoms with Crippen LogP contribution in [-0.4, -0.2) is 34.6 Å². The molecule has 3 rings (SSSR count). The van der Waals surface area contributed by atoms with Gasteiger partial charge in [0.2, 0.25) is 0 Å². The van der Waals surface area contributed by atoms with Crippen molar-refractivity contribution in [3.8, 4) is 0 Å². The van der Waals surface area contributed by atoms with Crippen LogP contribution in [0, 0.1) is 0 Å². The number of benzene rings is 1. The van der Waals surface area contributed by atoms with Crippen LogP contribution in [0.15, 0.2) is 24.4 Å². The van der Waals surface area contributed by atoms with E-state index in [1.807, 2.05) is 10.9 Å². The SMILES string of the molecule is OCCn1ncc2cc(N3CCCC3)ccc21. The van der Waals surface area contributed by atoms with Crippen LogP contribution in [0.3, 0.4) is 0 Å². The van der Waals surface area contributed by atoms with Gasteiger partial charge < -0.3 is 10.0 Å². The Kier molecular flexibility index (Phi) is 2.73. The van der Waals surface area contributed by atoms with Crippen LogP contribution in [0.2, 0.25) is 0 Å². The normalized spacial score (nSPS) is 15.9. The predicted molar refractivity (Wildman–Crippen MR) is 68.3 cm³/mol. The number of aromatic nitrogens is 2. The summed E-state index contributed by atoms with van der Waals surface area (Å²) >= 11 is 0. The second-order valence-electron chi connectivity index (χ2n) is 4.53. The van der Waals surface area contributed by atoms with E-state index in [4.69, 9.17) is 5.11 Å². The van der Waals surface area contributed by atoms with Gasteiger partial charge in [-0.25, -0.2) is 0 Å². The quantitative estimate of drug-likeness (QED) is 0.873. The summed E-state index contributed by atoms with van der Waals surface area (Å²) in [5.74, 6) is 0. The molecular formula is C13H17N3O. The van der Waals surface area contributed by atoms with E-state index >= 15 is 0 Å². The van der Waals surface area contributed by atoms with Crippen molar-refractivity contribution < 1.29 is 5.11 Å². The van der Waals surface area contributed by atoms with Crippen LogP contribution in [0.25, 0.3) is 10.9 Å². The monoisotopic (exact) mass is 231 g/mol. The number of anilines is 1. The average molecular weight is 231 g/mol. The van der Waals surface area contributed by atoms with E-state index in [1.165, 1.54) is 18.5 Å². The minimum absolute atomic E-state index is 0.130. The molecule has 1 aromatic heterocycles. The Hall–Kier alpha value is -1.55. The molecule has 0 saturated carbocycles. The second kappa shape index (κ2) is 4.37. The van der Waals surface area contributed by atoms with Crippen molar-refractivity contribution >= 4 is 16.6 Å². The lowest BCUT2D eigenvalue weighted by Gasteiger charge is -2.17. The van der Waals surface area contributed by atoms with Crippen LogP contribution >= 0.6 is 0 Å². The van der Waals surface area contributed by atoms with Crippen molar-refractivity contribution in [1.82, 2.24) is 9.78 Å². The van der Waals surface area contributed by atoms with Crippen molar-refractivity contribution in [3.63, 3.8) is 0 Å². The minimum atomic E-state index is 0.130. The maximum absolute atomic E-state index is 8.96.